The molecule has 7 heteroatoms. The maximum atomic E-state index is 13.4. The van der Waals surface area contributed by atoms with Gasteiger partial charge in [0.2, 0.25) is 0 Å². The van der Waals surface area contributed by atoms with Gasteiger partial charge in [-0.25, -0.2) is 17.8 Å². The number of hydrogen-bond donors (Lipinski definition) is 0. The lowest BCUT2D eigenvalue weighted by molar-refractivity contribution is 0.414. The van der Waals surface area contributed by atoms with Crippen molar-refractivity contribution in [3.63, 3.8) is 0 Å². The lowest BCUT2D eigenvalue weighted by Gasteiger charge is -2.03. The first-order valence-electron chi connectivity index (χ1n) is 9.52. The second-order valence-corrected chi connectivity index (χ2v) is 9.13. The van der Waals surface area contributed by atoms with Crippen LogP contribution in [0.4, 0.5) is 4.39 Å². The van der Waals surface area contributed by atoms with Gasteiger partial charge in [-0.15, -0.1) is 0 Å². The van der Waals surface area contributed by atoms with Crippen LogP contribution in [0.2, 0.25) is 0 Å². The summed E-state index contributed by atoms with van der Waals surface area (Å²) in [5.41, 5.74) is 2.94. The van der Waals surface area contributed by atoms with Gasteiger partial charge in [-0.3, -0.25) is 0 Å². The molecule has 0 aliphatic heterocycles. The first kappa shape index (κ1) is 20.8. The molecule has 4 aromatic rings. The Labute approximate surface area is 180 Å². The fourth-order valence-electron chi connectivity index (χ4n) is 3.21. The molecule has 0 N–H and O–H groups in total. The van der Waals surface area contributed by atoms with E-state index in [2.05, 4.69) is 4.98 Å². The Hall–Kier alpha value is -3.45. The highest BCUT2D eigenvalue weighted by atomic mass is 32.2. The second kappa shape index (κ2) is 8.35. The van der Waals surface area contributed by atoms with E-state index in [1.54, 1.807) is 31.4 Å². The van der Waals surface area contributed by atoms with Crippen molar-refractivity contribution >= 4 is 9.84 Å². The van der Waals surface area contributed by atoms with Crippen LogP contribution in [0.1, 0.15) is 11.5 Å². The summed E-state index contributed by atoms with van der Waals surface area (Å²) in [6, 6.07) is 20.0. The third-order valence-electron chi connectivity index (χ3n) is 4.85. The minimum absolute atomic E-state index is 0.220. The fraction of sp³-hybridized carbons (Fsp3) is 0.125. The lowest BCUT2D eigenvalue weighted by Crippen LogP contribution is -1.96. The topological polar surface area (TPSA) is 69.4 Å². The van der Waals surface area contributed by atoms with Gasteiger partial charge in [-0.1, -0.05) is 12.1 Å². The van der Waals surface area contributed by atoms with E-state index in [-0.39, 0.29) is 10.7 Å². The SMILES string of the molecule is COc1ccc(Cc2nc(-c3ccc(F)cc3)c(-c3ccc(S(C)(=O)=O)cc3)o2)cc1. The van der Waals surface area contributed by atoms with Gasteiger partial charge in [0.15, 0.2) is 21.5 Å². The number of benzene rings is 3. The second-order valence-electron chi connectivity index (χ2n) is 7.11. The summed E-state index contributed by atoms with van der Waals surface area (Å²) in [4.78, 5) is 4.88. The van der Waals surface area contributed by atoms with Crippen LogP contribution in [0, 0.1) is 5.82 Å². The van der Waals surface area contributed by atoms with E-state index in [0.717, 1.165) is 17.6 Å². The number of oxazole rings is 1. The first-order valence-corrected chi connectivity index (χ1v) is 11.4. The number of rotatable bonds is 6. The van der Waals surface area contributed by atoms with Crippen molar-refractivity contribution in [1.29, 1.82) is 0 Å². The van der Waals surface area contributed by atoms with Gasteiger partial charge in [0.05, 0.1) is 12.0 Å². The number of hydrogen-bond acceptors (Lipinski definition) is 5. The van der Waals surface area contributed by atoms with Crippen LogP contribution in [0.5, 0.6) is 5.75 Å². The molecular weight excluding hydrogens is 417 g/mol. The van der Waals surface area contributed by atoms with E-state index in [1.165, 1.54) is 24.3 Å². The maximum Gasteiger partial charge on any atom is 0.199 e. The summed E-state index contributed by atoms with van der Waals surface area (Å²) in [6.45, 7) is 0. The molecule has 1 heterocycles. The third kappa shape index (κ3) is 4.67. The molecule has 0 aliphatic carbocycles. The van der Waals surface area contributed by atoms with E-state index in [4.69, 9.17) is 9.15 Å². The van der Waals surface area contributed by atoms with Crippen molar-refractivity contribution in [2.75, 3.05) is 13.4 Å². The number of halogens is 1. The van der Waals surface area contributed by atoms with Gasteiger partial charge >= 0.3 is 0 Å². The maximum absolute atomic E-state index is 13.4. The van der Waals surface area contributed by atoms with Crippen LogP contribution in [0.15, 0.2) is 82.1 Å². The molecule has 0 unspecified atom stereocenters. The van der Waals surface area contributed by atoms with Crippen LogP contribution in [-0.4, -0.2) is 26.8 Å². The van der Waals surface area contributed by atoms with Crippen LogP contribution in [0.3, 0.4) is 0 Å². The standard InChI is InChI=1S/C24H20FNO4S/c1-29-20-11-3-16(4-12-20)15-22-26-23(17-5-9-19(25)10-6-17)24(30-22)18-7-13-21(14-8-18)31(2,27)28/h3-14H,15H2,1-2H3. The van der Waals surface area contributed by atoms with Gasteiger partial charge in [0.1, 0.15) is 17.3 Å². The van der Waals surface area contributed by atoms with Gasteiger partial charge < -0.3 is 9.15 Å². The summed E-state index contributed by atoms with van der Waals surface area (Å²) in [5, 5.41) is 0. The quantitative estimate of drug-likeness (QED) is 0.417. The van der Waals surface area contributed by atoms with Crippen LogP contribution < -0.4 is 4.74 Å². The molecule has 0 saturated carbocycles. The van der Waals surface area contributed by atoms with Crippen molar-refractivity contribution < 1.29 is 22.0 Å². The largest absolute Gasteiger partial charge is 0.497 e. The smallest absolute Gasteiger partial charge is 0.199 e. The molecule has 158 valence electrons. The molecule has 31 heavy (non-hydrogen) atoms. The van der Waals surface area contributed by atoms with Gasteiger partial charge in [-0.2, -0.15) is 0 Å². The van der Waals surface area contributed by atoms with Crippen molar-refractivity contribution in [3.05, 3.63) is 90.1 Å². The summed E-state index contributed by atoms with van der Waals surface area (Å²) in [7, 11) is -1.70. The molecule has 0 bridgehead atoms. The Morgan fingerprint density at radius 2 is 1.52 bits per heavy atom. The van der Waals surface area contributed by atoms with Crippen molar-refractivity contribution in [2.24, 2.45) is 0 Å². The molecule has 0 fully saturated rings. The van der Waals surface area contributed by atoms with Crippen LogP contribution in [0.25, 0.3) is 22.6 Å². The summed E-state index contributed by atoms with van der Waals surface area (Å²) >= 11 is 0. The first-order chi connectivity index (χ1) is 14.8. The zero-order chi connectivity index (χ0) is 22.0. The lowest BCUT2D eigenvalue weighted by atomic mass is 10.1. The minimum atomic E-state index is -3.31. The third-order valence-corrected chi connectivity index (χ3v) is 5.98. The predicted molar refractivity (Wildman–Crippen MR) is 116 cm³/mol. The number of ether oxygens (including phenoxy) is 1. The Balaban J connectivity index is 1.75. The van der Waals surface area contributed by atoms with Crippen molar-refractivity contribution in [2.45, 2.75) is 11.3 Å². The van der Waals surface area contributed by atoms with Gasteiger partial charge in [-0.05, 0) is 66.2 Å². The van der Waals surface area contributed by atoms with E-state index in [1.807, 2.05) is 24.3 Å². The molecule has 3 aromatic carbocycles. The summed E-state index contributed by atoms with van der Waals surface area (Å²) in [5.74, 6) is 1.40. The monoisotopic (exact) mass is 437 g/mol. The van der Waals surface area contributed by atoms with E-state index >= 15 is 0 Å². The van der Waals surface area contributed by atoms with Crippen LogP contribution in [-0.2, 0) is 16.3 Å². The van der Waals surface area contributed by atoms with Gasteiger partial charge in [0, 0.05) is 23.8 Å². The van der Waals surface area contributed by atoms with Crippen molar-refractivity contribution in [1.82, 2.24) is 4.98 Å². The molecule has 0 amide bonds. The fourth-order valence-corrected chi connectivity index (χ4v) is 3.84. The number of aromatic nitrogens is 1. The summed E-state index contributed by atoms with van der Waals surface area (Å²) < 4.78 is 48.2. The molecule has 0 spiro atoms. The zero-order valence-corrected chi connectivity index (χ0v) is 17.8. The number of nitrogens with zero attached hydrogens (tertiary/aromatic N) is 1. The highest BCUT2D eigenvalue weighted by Gasteiger charge is 2.18. The normalized spacial score (nSPS) is 11.5. The Kier molecular flexibility index (Phi) is 5.61. The number of methoxy groups -OCH3 is 1. The molecule has 0 saturated heterocycles. The minimum Gasteiger partial charge on any atom is -0.497 e. The zero-order valence-electron chi connectivity index (χ0n) is 17.0. The highest BCUT2D eigenvalue weighted by molar-refractivity contribution is 7.90. The van der Waals surface area contributed by atoms with E-state index in [9.17, 15) is 12.8 Å². The van der Waals surface area contributed by atoms with Crippen LogP contribution >= 0.6 is 0 Å². The van der Waals surface area contributed by atoms with Crippen molar-refractivity contribution in [3.8, 4) is 28.3 Å². The van der Waals surface area contributed by atoms with E-state index < -0.39 is 9.84 Å². The molecular formula is C24H20FNO4S. The molecule has 4 rings (SSSR count). The van der Waals surface area contributed by atoms with E-state index in [0.29, 0.717) is 34.9 Å². The van der Waals surface area contributed by atoms with Gasteiger partial charge in [0.25, 0.3) is 0 Å². The average Bonchev–Trinajstić information content (AvgIpc) is 3.18. The Morgan fingerprint density at radius 1 is 0.903 bits per heavy atom. The summed E-state index contributed by atoms with van der Waals surface area (Å²) in [6.07, 6.45) is 1.62. The molecule has 0 atom stereocenters. The number of sulfone groups is 1. The average molecular weight is 437 g/mol. The predicted octanol–water partition coefficient (Wildman–Crippen LogP) is 5.15. The Morgan fingerprint density at radius 3 is 2.10 bits per heavy atom. The highest BCUT2D eigenvalue weighted by Crippen LogP contribution is 2.34. The molecule has 0 radical (unpaired) electrons. The molecule has 0 aliphatic rings. The molecule has 1 aromatic heterocycles. The Bertz CT molecular complexity index is 1290. The molecule has 5 nitrogen and oxygen atoms in total.